The Balaban J connectivity index is 2.47. The zero-order chi connectivity index (χ0) is 9.26. The van der Waals surface area contributed by atoms with Crippen molar-refractivity contribution in [3.8, 4) is 0 Å². The molecule has 13 heavy (non-hydrogen) atoms. The highest BCUT2D eigenvalue weighted by Gasteiger charge is 2.22. The molecule has 0 aromatic carbocycles. The summed E-state index contributed by atoms with van der Waals surface area (Å²) in [5.41, 5.74) is 3.41. The number of pyridine rings is 1. The van der Waals surface area contributed by atoms with Crippen molar-refractivity contribution in [1.29, 1.82) is 0 Å². The number of methoxy groups -OCH3 is 1. The van der Waals surface area contributed by atoms with Gasteiger partial charge in [0, 0.05) is 24.6 Å². The molecule has 1 aliphatic heterocycles. The van der Waals surface area contributed by atoms with Gasteiger partial charge in [-0.3, -0.25) is 4.98 Å². The van der Waals surface area contributed by atoms with Crippen molar-refractivity contribution >= 4 is 0 Å². The molecule has 2 rings (SSSR count). The van der Waals surface area contributed by atoms with Crippen molar-refractivity contribution in [2.24, 2.45) is 0 Å². The van der Waals surface area contributed by atoms with Crippen molar-refractivity contribution in [1.82, 2.24) is 4.98 Å². The van der Waals surface area contributed by atoms with Crippen LogP contribution in [-0.2, 0) is 15.9 Å². The maximum Gasteiger partial charge on any atom is 0.185 e. The minimum Gasteiger partial charge on any atom is -0.352 e. The van der Waals surface area contributed by atoms with Crippen LogP contribution in [-0.4, -0.2) is 18.7 Å². The number of ether oxygens (including phenoxy) is 2. The summed E-state index contributed by atoms with van der Waals surface area (Å²) in [6, 6.07) is 2.04. The second-order valence-electron chi connectivity index (χ2n) is 3.16. The summed E-state index contributed by atoms with van der Waals surface area (Å²) in [6.45, 7) is 2.72. The van der Waals surface area contributed by atoms with Crippen molar-refractivity contribution in [2.45, 2.75) is 19.6 Å². The predicted octanol–water partition coefficient (Wildman–Crippen LogP) is 1.61. The fourth-order valence-corrected chi connectivity index (χ4v) is 1.72. The third-order valence-corrected chi connectivity index (χ3v) is 2.37. The predicted molar refractivity (Wildman–Crippen MR) is 48.4 cm³/mol. The van der Waals surface area contributed by atoms with E-state index in [1.54, 1.807) is 7.11 Å². The molecule has 0 saturated heterocycles. The van der Waals surface area contributed by atoms with Gasteiger partial charge in [0.2, 0.25) is 0 Å². The molecule has 70 valence electrons. The van der Waals surface area contributed by atoms with Crippen molar-refractivity contribution in [2.75, 3.05) is 13.7 Å². The SMILES string of the molecule is COC1OCCc2ccnc(C)c21. The van der Waals surface area contributed by atoms with Gasteiger partial charge in [-0.1, -0.05) is 0 Å². The van der Waals surface area contributed by atoms with E-state index in [1.165, 1.54) is 5.56 Å². The summed E-state index contributed by atoms with van der Waals surface area (Å²) in [7, 11) is 1.66. The third-order valence-electron chi connectivity index (χ3n) is 2.37. The first-order valence-electron chi connectivity index (χ1n) is 4.41. The third kappa shape index (κ3) is 1.45. The number of aromatic nitrogens is 1. The normalized spacial score (nSPS) is 21.2. The van der Waals surface area contributed by atoms with Gasteiger partial charge in [-0.15, -0.1) is 0 Å². The highest BCUT2D eigenvalue weighted by atomic mass is 16.7. The Morgan fingerprint density at radius 2 is 2.46 bits per heavy atom. The van der Waals surface area contributed by atoms with Crippen LogP contribution >= 0.6 is 0 Å². The van der Waals surface area contributed by atoms with Crippen LogP contribution in [0.4, 0.5) is 0 Å². The van der Waals surface area contributed by atoms with Gasteiger partial charge in [-0.25, -0.2) is 0 Å². The fourth-order valence-electron chi connectivity index (χ4n) is 1.72. The van der Waals surface area contributed by atoms with Crippen LogP contribution in [0.25, 0.3) is 0 Å². The smallest absolute Gasteiger partial charge is 0.185 e. The summed E-state index contributed by atoms with van der Waals surface area (Å²) in [5, 5.41) is 0. The molecule has 0 fully saturated rings. The van der Waals surface area contributed by atoms with Gasteiger partial charge in [0.25, 0.3) is 0 Å². The lowest BCUT2D eigenvalue weighted by atomic mass is 10.0. The Labute approximate surface area is 77.7 Å². The number of aryl methyl sites for hydroxylation is 1. The minimum atomic E-state index is -0.225. The number of rotatable bonds is 1. The topological polar surface area (TPSA) is 31.4 Å². The second kappa shape index (κ2) is 3.44. The Hall–Kier alpha value is -0.930. The lowest BCUT2D eigenvalue weighted by Crippen LogP contribution is -2.19. The molecule has 3 heteroatoms. The largest absolute Gasteiger partial charge is 0.352 e. The lowest BCUT2D eigenvalue weighted by Gasteiger charge is -2.25. The van der Waals surface area contributed by atoms with E-state index in [2.05, 4.69) is 4.98 Å². The van der Waals surface area contributed by atoms with Gasteiger partial charge in [-0.05, 0) is 25.0 Å². The summed E-state index contributed by atoms with van der Waals surface area (Å²) in [5.74, 6) is 0. The van der Waals surface area contributed by atoms with Crippen LogP contribution in [0.1, 0.15) is 23.1 Å². The van der Waals surface area contributed by atoms with E-state index in [4.69, 9.17) is 9.47 Å². The van der Waals surface area contributed by atoms with Crippen LogP contribution < -0.4 is 0 Å². The first-order valence-corrected chi connectivity index (χ1v) is 4.41. The van der Waals surface area contributed by atoms with Gasteiger partial charge in [0.1, 0.15) is 0 Å². The molecule has 1 aromatic heterocycles. The maximum absolute atomic E-state index is 5.47. The molecule has 0 spiro atoms. The fraction of sp³-hybridized carbons (Fsp3) is 0.500. The van der Waals surface area contributed by atoms with E-state index in [-0.39, 0.29) is 6.29 Å². The quantitative estimate of drug-likeness (QED) is 0.656. The standard InChI is InChI=1S/C10H13NO2/c1-7-9-8(3-5-11-7)4-6-13-10(9)12-2/h3,5,10H,4,6H2,1-2H3. The van der Waals surface area contributed by atoms with E-state index in [9.17, 15) is 0 Å². The molecule has 0 aliphatic carbocycles. The second-order valence-corrected chi connectivity index (χ2v) is 3.16. The van der Waals surface area contributed by atoms with Crippen molar-refractivity contribution < 1.29 is 9.47 Å². The Morgan fingerprint density at radius 1 is 1.62 bits per heavy atom. The van der Waals surface area contributed by atoms with Crippen molar-refractivity contribution in [3.05, 3.63) is 29.1 Å². The first-order chi connectivity index (χ1) is 6.33. The minimum absolute atomic E-state index is 0.225. The average molecular weight is 179 g/mol. The number of nitrogens with zero attached hydrogens (tertiary/aromatic N) is 1. The lowest BCUT2D eigenvalue weighted by molar-refractivity contribution is -0.135. The molecule has 1 aliphatic rings. The molecule has 1 aromatic rings. The molecule has 3 nitrogen and oxygen atoms in total. The molecular weight excluding hydrogens is 166 g/mol. The zero-order valence-electron chi connectivity index (χ0n) is 7.91. The van der Waals surface area contributed by atoms with Crippen LogP contribution in [0.3, 0.4) is 0 Å². The van der Waals surface area contributed by atoms with Crippen LogP contribution in [0.15, 0.2) is 12.3 Å². The van der Waals surface area contributed by atoms with E-state index >= 15 is 0 Å². The summed E-state index contributed by atoms with van der Waals surface area (Å²) >= 11 is 0. The number of hydrogen-bond acceptors (Lipinski definition) is 3. The molecule has 0 bridgehead atoms. The van der Waals surface area contributed by atoms with Crippen LogP contribution in [0.5, 0.6) is 0 Å². The number of fused-ring (bicyclic) bond motifs is 1. The van der Waals surface area contributed by atoms with Gasteiger partial charge in [0.05, 0.1) is 6.61 Å². The highest BCUT2D eigenvalue weighted by Crippen LogP contribution is 2.28. The molecular formula is C10H13NO2. The van der Waals surface area contributed by atoms with Gasteiger partial charge >= 0.3 is 0 Å². The molecule has 0 amide bonds. The summed E-state index contributed by atoms with van der Waals surface area (Å²) in [6.07, 6.45) is 2.57. The molecule has 0 saturated carbocycles. The Bertz CT molecular complexity index is 312. The monoisotopic (exact) mass is 179 g/mol. The van der Waals surface area contributed by atoms with E-state index in [0.29, 0.717) is 0 Å². The Kier molecular flexibility index (Phi) is 2.29. The molecule has 2 heterocycles. The van der Waals surface area contributed by atoms with E-state index < -0.39 is 0 Å². The molecule has 0 N–H and O–H groups in total. The van der Waals surface area contributed by atoms with E-state index in [0.717, 1.165) is 24.3 Å². The Morgan fingerprint density at radius 3 is 3.23 bits per heavy atom. The first kappa shape index (κ1) is 8.66. The molecule has 1 atom stereocenters. The van der Waals surface area contributed by atoms with Crippen molar-refractivity contribution in [3.63, 3.8) is 0 Å². The van der Waals surface area contributed by atoms with Gasteiger partial charge in [-0.2, -0.15) is 0 Å². The van der Waals surface area contributed by atoms with Gasteiger partial charge in [0.15, 0.2) is 6.29 Å². The van der Waals surface area contributed by atoms with Crippen LogP contribution in [0.2, 0.25) is 0 Å². The molecule has 0 radical (unpaired) electrons. The maximum atomic E-state index is 5.47. The highest BCUT2D eigenvalue weighted by molar-refractivity contribution is 5.32. The summed E-state index contributed by atoms with van der Waals surface area (Å²) in [4.78, 5) is 4.23. The van der Waals surface area contributed by atoms with E-state index in [1.807, 2.05) is 19.2 Å². The van der Waals surface area contributed by atoms with Gasteiger partial charge < -0.3 is 9.47 Å². The molecule has 1 unspecified atom stereocenters. The zero-order valence-corrected chi connectivity index (χ0v) is 7.91. The summed E-state index contributed by atoms with van der Waals surface area (Å²) < 4.78 is 10.7. The number of hydrogen-bond donors (Lipinski definition) is 0. The van der Waals surface area contributed by atoms with Crippen LogP contribution in [0, 0.1) is 6.92 Å². The average Bonchev–Trinajstić information content (AvgIpc) is 2.17.